The lowest BCUT2D eigenvalue weighted by Crippen LogP contribution is -2.49. The number of nitrogens with zero attached hydrogens (tertiary/aromatic N) is 1. The number of ether oxygens (including phenoxy) is 3. The van der Waals surface area contributed by atoms with Crippen LogP contribution in [0.4, 0.5) is 0 Å². The van der Waals surface area contributed by atoms with Crippen molar-refractivity contribution in [2.75, 3.05) is 19.8 Å². The number of carbonyl (C=O) groups is 4. The minimum Gasteiger partial charge on any atom is -0.465 e. The van der Waals surface area contributed by atoms with E-state index < -0.39 is 36.4 Å². The number of amidine groups is 1. The van der Waals surface area contributed by atoms with Crippen molar-refractivity contribution in [2.45, 2.75) is 47.1 Å². The Labute approximate surface area is 234 Å². The molecule has 0 fully saturated rings. The predicted molar refractivity (Wildman–Crippen MR) is 151 cm³/mol. The number of carbonyl (C=O) groups excluding carboxylic acids is 4. The van der Waals surface area contributed by atoms with Gasteiger partial charge in [0.2, 0.25) is 0 Å². The molecule has 10 nitrogen and oxygen atoms in total. The normalized spacial score (nSPS) is 11.9. The largest absolute Gasteiger partial charge is 0.465 e. The van der Waals surface area contributed by atoms with Gasteiger partial charge in [-0.2, -0.15) is 0 Å². The van der Waals surface area contributed by atoms with E-state index in [2.05, 4.69) is 0 Å². The van der Waals surface area contributed by atoms with Crippen molar-refractivity contribution < 1.29 is 33.4 Å². The molecule has 3 N–H and O–H groups in total. The molecule has 0 aliphatic carbocycles. The summed E-state index contributed by atoms with van der Waals surface area (Å²) < 4.78 is 15.6. The standard InChI is InChI=1S/C30H37N3O7/c1-6-38-26(34)18-33(25(16-19(3)4)30(37)39-7-2)28(35)20(5)17-21-8-10-23(11-9-21)29(36)40-24-14-12-22(13-15-24)27(31)32/h8-15,17,19,25H,6-7,16,18H2,1-5H3,(H3,31,32)/t25-/m0/s1. The lowest BCUT2D eigenvalue weighted by atomic mass is 10.0. The molecule has 2 aromatic rings. The number of nitrogen functional groups attached to an aromatic ring is 1. The molecular formula is C30H37N3O7. The first-order valence-electron chi connectivity index (χ1n) is 13.0. The third kappa shape index (κ3) is 9.37. The van der Waals surface area contributed by atoms with Gasteiger partial charge in [-0.3, -0.25) is 15.0 Å². The van der Waals surface area contributed by atoms with Gasteiger partial charge >= 0.3 is 17.9 Å². The predicted octanol–water partition coefficient (Wildman–Crippen LogP) is 3.96. The SMILES string of the molecule is CCOC(=O)CN(C(=O)C(C)=Cc1ccc(C(=O)Oc2ccc(C(=N)N)cc2)cc1)[C@@H](CC(C)C)C(=O)OCC. The monoisotopic (exact) mass is 551 g/mol. The number of hydrogen-bond donors (Lipinski definition) is 2. The van der Waals surface area contributed by atoms with Gasteiger partial charge in [-0.25, -0.2) is 9.59 Å². The Balaban J connectivity index is 2.24. The number of benzene rings is 2. The van der Waals surface area contributed by atoms with E-state index in [0.717, 1.165) is 0 Å². The van der Waals surface area contributed by atoms with Gasteiger partial charge < -0.3 is 24.8 Å². The molecule has 214 valence electrons. The molecule has 40 heavy (non-hydrogen) atoms. The van der Waals surface area contributed by atoms with Gasteiger partial charge in [0.15, 0.2) is 0 Å². The number of esters is 3. The molecule has 0 spiro atoms. The smallest absolute Gasteiger partial charge is 0.343 e. The van der Waals surface area contributed by atoms with Crippen LogP contribution >= 0.6 is 0 Å². The van der Waals surface area contributed by atoms with Crippen molar-refractivity contribution in [3.63, 3.8) is 0 Å². The molecule has 0 aromatic heterocycles. The Hall–Kier alpha value is -4.47. The van der Waals surface area contributed by atoms with E-state index in [1.165, 1.54) is 4.90 Å². The lowest BCUT2D eigenvalue weighted by Gasteiger charge is -2.30. The molecule has 0 aliphatic rings. The van der Waals surface area contributed by atoms with Crippen LogP contribution in [-0.2, 0) is 23.9 Å². The second kappa shape index (κ2) is 15.2. The van der Waals surface area contributed by atoms with Crippen molar-refractivity contribution in [3.05, 3.63) is 70.8 Å². The summed E-state index contributed by atoms with van der Waals surface area (Å²) in [4.78, 5) is 52.4. The molecule has 0 unspecified atom stereocenters. The molecular weight excluding hydrogens is 514 g/mol. The highest BCUT2D eigenvalue weighted by Crippen LogP contribution is 2.19. The molecule has 0 aliphatic heterocycles. The van der Waals surface area contributed by atoms with E-state index in [9.17, 15) is 19.2 Å². The molecule has 0 saturated heterocycles. The Kier molecular flexibility index (Phi) is 12.1. The Bertz CT molecular complexity index is 1230. The van der Waals surface area contributed by atoms with Crippen molar-refractivity contribution in [3.8, 4) is 5.75 Å². The Morgan fingerprint density at radius 2 is 1.50 bits per heavy atom. The first kappa shape index (κ1) is 31.7. The molecule has 2 aromatic carbocycles. The fraction of sp³-hybridized carbons (Fsp3) is 0.367. The average Bonchev–Trinajstić information content (AvgIpc) is 2.91. The van der Waals surface area contributed by atoms with E-state index in [4.69, 9.17) is 25.4 Å². The maximum Gasteiger partial charge on any atom is 0.343 e. The van der Waals surface area contributed by atoms with Crippen molar-refractivity contribution in [1.82, 2.24) is 4.90 Å². The summed E-state index contributed by atoms with van der Waals surface area (Å²) in [5.41, 5.74) is 7.15. The number of nitrogens with one attached hydrogen (secondary N) is 1. The zero-order valence-corrected chi connectivity index (χ0v) is 23.6. The third-order valence-corrected chi connectivity index (χ3v) is 5.74. The first-order valence-corrected chi connectivity index (χ1v) is 13.0. The van der Waals surface area contributed by atoms with Crippen LogP contribution in [0.1, 0.15) is 62.5 Å². The average molecular weight is 552 g/mol. The van der Waals surface area contributed by atoms with Crippen LogP contribution in [-0.4, -0.2) is 60.4 Å². The summed E-state index contributed by atoms with van der Waals surface area (Å²) in [6, 6.07) is 11.7. The fourth-order valence-corrected chi connectivity index (χ4v) is 3.83. The molecule has 1 atom stereocenters. The molecule has 0 heterocycles. The first-order chi connectivity index (χ1) is 19.0. The number of hydrogen-bond acceptors (Lipinski definition) is 8. The number of amides is 1. The third-order valence-electron chi connectivity index (χ3n) is 5.74. The molecule has 2 rings (SSSR count). The number of nitrogens with two attached hydrogens (primary N) is 1. The minimum absolute atomic E-state index is 0.0514. The van der Waals surface area contributed by atoms with Gasteiger partial charge in [-0.05, 0) is 81.1 Å². The fourth-order valence-electron chi connectivity index (χ4n) is 3.83. The van der Waals surface area contributed by atoms with Gasteiger partial charge in [-0.15, -0.1) is 0 Å². The zero-order valence-electron chi connectivity index (χ0n) is 23.6. The van der Waals surface area contributed by atoms with Crippen LogP contribution in [0.2, 0.25) is 0 Å². The summed E-state index contributed by atoms with van der Waals surface area (Å²) >= 11 is 0. The second-order valence-corrected chi connectivity index (χ2v) is 9.41. The van der Waals surface area contributed by atoms with Crippen molar-refractivity contribution in [1.29, 1.82) is 5.41 Å². The number of rotatable bonds is 13. The van der Waals surface area contributed by atoms with Crippen LogP contribution in [0.3, 0.4) is 0 Å². The lowest BCUT2D eigenvalue weighted by molar-refractivity contribution is -0.158. The van der Waals surface area contributed by atoms with Crippen LogP contribution < -0.4 is 10.5 Å². The van der Waals surface area contributed by atoms with E-state index in [-0.39, 0.29) is 30.5 Å². The highest BCUT2D eigenvalue weighted by Gasteiger charge is 2.34. The van der Waals surface area contributed by atoms with E-state index in [1.807, 2.05) is 13.8 Å². The summed E-state index contributed by atoms with van der Waals surface area (Å²) in [6.45, 7) is 8.64. The van der Waals surface area contributed by atoms with Gasteiger partial charge in [0.1, 0.15) is 24.2 Å². The molecule has 1 amide bonds. The van der Waals surface area contributed by atoms with Crippen LogP contribution in [0.5, 0.6) is 5.75 Å². The van der Waals surface area contributed by atoms with Gasteiger partial charge in [0, 0.05) is 11.1 Å². The summed E-state index contributed by atoms with van der Waals surface area (Å²) in [6.07, 6.45) is 1.92. The Morgan fingerprint density at radius 1 is 0.925 bits per heavy atom. The van der Waals surface area contributed by atoms with Gasteiger partial charge in [0.05, 0.1) is 18.8 Å². The van der Waals surface area contributed by atoms with Crippen LogP contribution in [0.25, 0.3) is 6.08 Å². The van der Waals surface area contributed by atoms with E-state index in [0.29, 0.717) is 28.9 Å². The maximum atomic E-state index is 13.5. The van der Waals surface area contributed by atoms with Crippen LogP contribution in [0, 0.1) is 11.3 Å². The Morgan fingerprint density at radius 3 is 2.02 bits per heavy atom. The van der Waals surface area contributed by atoms with E-state index in [1.54, 1.807) is 75.4 Å². The quantitative estimate of drug-likeness (QED) is 0.125. The van der Waals surface area contributed by atoms with Crippen LogP contribution in [0.15, 0.2) is 54.1 Å². The van der Waals surface area contributed by atoms with Crippen molar-refractivity contribution >= 4 is 35.7 Å². The maximum absolute atomic E-state index is 13.5. The highest BCUT2D eigenvalue weighted by molar-refractivity contribution is 6.01. The zero-order chi connectivity index (χ0) is 29.8. The summed E-state index contributed by atoms with van der Waals surface area (Å²) in [7, 11) is 0. The molecule has 10 heteroatoms. The highest BCUT2D eigenvalue weighted by atomic mass is 16.5. The van der Waals surface area contributed by atoms with Gasteiger partial charge in [0.25, 0.3) is 5.91 Å². The van der Waals surface area contributed by atoms with Gasteiger partial charge in [-0.1, -0.05) is 26.0 Å². The minimum atomic E-state index is -0.957. The molecule has 0 radical (unpaired) electrons. The van der Waals surface area contributed by atoms with E-state index >= 15 is 0 Å². The topological polar surface area (TPSA) is 149 Å². The summed E-state index contributed by atoms with van der Waals surface area (Å²) in [5, 5.41) is 7.43. The molecule has 0 bridgehead atoms. The second-order valence-electron chi connectivity index (χ2n) is 9.41. The molecule has 0 saturated carbocycles. The summed E-state index contributed by atoms with van der Waals surface area (Å²) in [5.74, 6) is -2.03. The van der Waals surface area contributed by atoms with Crippen molar-refractivity contribution in [2.24, 2.45) is 11.7 Å².